The highest BCUT2D eigenvalue weighted by Crippen LogP contribution is 2.24. The third-order valence-corrected chi connectivity index (χ3v) is 3.38. The number of anilines is 2. The van der Waals surface area contributed by atoms with E-state index in [0.29, 0.717) is 49.2 Å². The maximum Gasteiger partial charge on any atom is 0.286 e. The van der Waals surface area contributed by atoms with Gasteiger partial charge in [0.25, 0.3) is 5.91 Å². The number of amides is 1. The zero-order chi connectivity index (χ0) is 16.2. The quantitative estimate of drug-likeness (QED) is 0.534. The number of imidazole rings is 1. The monoisotopic (exact) mass is 318 g/mol. The van der Waals surface area contributed by atoms with Gasteiger partial charge in [0.15, 0.2) is 17.3 Å². The largest absolute Gasteiger partial charge is 0.378 e. The molecule has 1 saturated heterocycles. The first kappa shape index (κ1) is 15.2. The van der Waals surface area contributed by atoms with Crippen molar-refractivity contribution < 1.29 is 9.53 Å². The van der Waals surface area contributed by atoms with Gasteiger partial charge < -0.3 is 19.9 Å². The summed E-state index contributed by atoms with van der Waals surface area (Å²) in [6, 6.07) is 0. The van der Waals surface area contributed by atoms with Crippen LogP contribution in [0.4, 0.5) is 11.8 Å². The molecule has 10 heteroatoms. The molecule has 23 heavy (non-hydrogen) atoms. The van der Waals surface area contributed by atoms with E-state index in [4.69, 9.17) is 4.74 Å². The maximum absolute atomic E-state index is 11.8. The molecule has 0 bridgehead atoms. The number of morpholine rings is 1. The minimum absolute atomic E-state index is 0.197. The van der Waals surface area contributed by atoms with Gasteiger partial charge in [-0.2, -0.15) is 15.1 Å². The number of hydrogen-bond acceptors (Lipinski definition) is 8. The Hall–Kier alpha value is -2.75. The smallest absolute Gasteiger partial charge is 0.286 e. The van der Waals surface area contributed by atoms with E-state index < -0.39 is 0 Å². The molecule has 2 aromatic rings. The lowest BCUT2D eigenvalue weighted by molar-refractivity contribution is 0.0954. The van der Waals surface area contributed by atoms with Gasteiger partial charge in [-0.3, -0.25) is 4.79 Å². The van der Waals surface area contributed by atoms with Crippen molar-refractivity contribution in [3.8, 4) is 0 Å². The minimum atomic E-state index is -0.308. The number of aromatic amines is 1. The molecular weight excluding hydrogens is 300 g/mol. The van der Waals surface area contributed by atoms with E-state index in [0.717, 1.165) is 0 Å². The number of H-pyrrole nitrogens is 1. The second-order valence-corrected chi connectivity index (χ2v) is 4.83. The second kappa shape index (κ2) is 6.57. The molecule has 0 aromatic carbocycles. The topological polar surface area (TPSA) is 120 Å². The van der Waals surface area contributed by atoms with Crippen LogP contribution in [0.2, 0.25) is 0 Å². The Kier molecular flexibility index (Phi) is 4.33. The SMILES string of the molecule is C/C=N/Nc1nc(N2CCOCC2)c2[nH]c(C(=O)NC)nc2n1. The number of hydrazone groups is 1. The van der Waals surface area contributed by atoms with Crippen LogP contribution in [0.25, 0.3) is 11.2 Å². The van der Waals surface area contributed by atoms with Crippen LogP contribution in [0.1, 0.15) is 17.5 Å². The van der Waals surface area contributed by atoms with Gasteiger partial charge in [0.2, 0.25) is 5.95 Å². The van der Waals surface area contributed by atoms with Gasteiger partial charge in [0.1, 0.15) is 5.52 Å². The zero-order valence-electron chi connectivity index (χ0n) is 13.0. The Labute approximate surface area is 132 Å². The van der Waals surface area contributed by atoms with Crippen molar-refractivity contribution >= 4 is 35.1 Å². The Bertz CT molecular complexity index is 735. The van der Waals surface area contributed by atoms with Crippen LogP contribution in [0.3, 0.4) is 0 Å². The van der Waals surface area contributed by atoms with Crippen LogP contribution >= 0.6 is 0 Å². The average Bonchev–Trinajstić information content (AvgIpc) is 3.03. The van der Waals surface area contributed by atoms with Crippen molar-refractivity contribution in [3.63, 3.8) is 0 Å². The molecular formula is C13H18N8O2. The lowest BCUT2D eigenvalue weighted by Crippen LogP contribution is -2.37. The first-order valence-corrected chi connectivity index (χ1v) is 7.29. The van der Waals surface area contributed by atoms with Crippen molar-refractivity contribution in [3.05, 3.63) is 5.82 Å². The second-order valence-electron chi connectivity index (χ2n) is 4.83. The van der Waals surface area contributed by atoms with Gasteiger partial charge in [-0.1, -0.05) is 0 Å². The Balaban J connectivity index is 2.08. The molecule has 1 aliphatic rings. The molecule has 3 rings (SSSR count). The number of fused-ring (bicyclic) bond motifs is 1. The van der Waals surface area contributed by atoms with Crippen molar-refractivity contribution in [1.82, 2.24) is 25.3 Å². The number of aromatic nitrogens is 4. The van der Waals surface area contributed by atoms with Crippen LogP contribution in [-0.2, 0) is 4.74 Å². The molecule has 0 unspecified atom stereocenters. The normalized spacial score (nSPS) is 15.3. The summed E-state index contributed by atoms with van der Waals surface area (Å²) in [6.07, 6.45) is 1.60. The highest BCUT2D eigenvalue weighted by atomic mass is 16.5. The molecule has 1 fully saturated rings. The number of ether oxygens (including phenoxy) is 1. The lowest BCUT2D eigenvalue weighted by Gasteiger charge is -2.28. The molecule has 3 heterocycles. The summed E-state index contributed by atoms with van der Waals surface area (Å²) in [5.74, 6) is 0.890. The fourth-order valence-electron chi connectivity index (χ4n) is 2.28. The average molecular weight is 318 g/mol. The molecule has 0 radical (unpaired) electrons. The van der Waals surface area contributed by atoms with E-state index in [9.17, 15) is 4.79 Å². The number of nitrogens with zero attached hydrogens (tertiary/aromatic N) is 5. The molecule has 1 aliphatic heterocycles. The van der Waals surface area contributed by atoms with E-state index in [2.05, 4.69) is 40.7 Å². The van der Waals surface area contributed by atoms with Crippen LogP contribution in [0.15, 0.2) is 5.10 Å². The van der Waals surface area contributed by atoms with Crippen LogP contribution in [-0.4, -0.2) is 65.4 Å². The van der Waals surface area contributed by atoms with Crippen LogP contribution < -0.4 is 15.6 Å². The molecule has 0 saturated carbocycles. The van der Waals surface area contributed by atoms with Gasteiger partial charge in [-0.25, -0.2) is 10.4 Å². The van der Waals surface area contributed by atoms with Gasteiger partial charge >= 0.3 is 0 Å². The lowest BCUT2D eigenvalue weighted by atomic mass is 10.4. The molecule has 0 atom stereocenters. The molecule has 3 N–H and O–H groups in total. The first-order valence-electron chi connectivity index (χ1n) is 7.29. The summed E-state index contributed by atoms with van der Waals surface area (Å²) >= 11 is 0. The van der Waals surface area contributed by atoms with E-state index >= 15 is 0 Å². The summed E-state index contributed by atoms with van der Waals surface area (Å²) in [7, 11) is 1.55. The summed E-state index contributed by atoms with van der Waals surface area (Å²) < 4.78 is 5.38. The molecule has 0 spiro atoms. The summed E-state index contributed by atoms with van der Waals surface area (Å²) in [5, 5.41) is 6.47. The number of hydrogen-bond donors (Lipinski definition) is 3. The number of carbonyl (C=O) groups excluding carboxylic acids is 1. The summed E-state index contributed by atoms with van der Waals surface area (Å²) in [6.45, 7) is 4.44. The molecule has 10 nitrogen and oxygen atoms in total. The Morgan fingerprint density at radius 1 is 1.35 bits per heavy atom. The Morgan fingerprint density at radius 3 is 2.83 bits per heavy atom. The highest BCUT2D eigenvalue weighted by molar-refractivity contribution is 5.95. The highest BCUT2D eigenvalue weighted by Gasteiger charge is 2.21. The fourth-order valence-corrected chi connectivity index (χ4v) is 2.28. The van der Waals surface area contributed by atoms with E-state index in [1.165, 1.54) is 0 Å². The first-order chi connectivity index (χ1) is 11.2. The van der Waals surface area contributed by atoms with E-state index in [1.807, 2.05) is 0 Å². The van der Waals surface area contributed by atoms with Gasteiger partial charge in [0.05, 0.1) is 13.2 Å². The molecule has 0 aliphatic carbocycles. The molecule has 122 valence electrons. The fraction of sp³-hybridized carbons (Fsp3) is 0.462. The third kappa shape index (κ3) is 3.06. The van der Waals surface area contributed by atoms with Gasteiger partial charge in [-0.05, 0) is 6.92 Å². The van der Waals surface area contributed by atoms with E-state index in [-0.39, 0.29) is 11.7 Å². The molecule has 2 aromatic heterocycles. The molecule has 1 amide bonds. The number of carbonyl (C=O) groups is 1. The van der Waals surface area contributed by atoms with Gasteiger partial charge in [0, 0.05) is 26.4 Å². The minimum Gasteiger partial charge on any atom is -0.378 e. The van der Waals surface area contributed by atoms with Crippen LogP contribution in [0, 0.1) is 0 Å². The summed E-state index contributed by atoms with van der Waals surface area (Å²) in [4.78, 5) is 29.9. The predicted octanol–water partition coefficient (Wildman–Crippen LogP) is -0.0333. The van der Waals surface area contributed by atoms with Crippen LogP contribution in [0.5, 0.6) is 0 Å². The Morgan fingerprint density at radius 2 is 2.13 bits per heavy atom. The number of rotatable bonds is 4. The maximum atomic E-state index is 11.8. The number of nitrogens with one attached hydrogen (secondary N) is 3. The summed E-state index contributed by atoms with van der Waals surface area (Å²) in [5.41, 5.74) is 3.79. The van der Waals surface area contributed by atoms with Crippen molar-refractivity contribution in [2.75, 3.05) is 43.7 Å². The van der Waals surface area contributed by atoms with Crippen molar-refractivity contribution in [2.24, 2.45) is 5.10 Å². The zero-order valence-corrected chi connectivity index (χ0v) is 13.0. The predicted molar refractivity (Wildman–Crippen MR) is 85.9 cm³/mol. The van der Waals surface area contributed by atoms with E-state index in [1.54, 1.807) is 20.2 Å². The third-order valence-electron chi connectivity index (χ3n) is 3.38. The van der Waals surface area contributed by atoms with Crippen molar-refractivity contribution in [2.45, 2.75) is 6.92 Å². The van der Waals surface area contributed by atoms with Crippen molar-refractivity contribution in [1.29, 1.82) is 0 Å². The van der Waals surface area contributed by atoms with Gasteiger partial charge in [-0.15, -0.1) is 0 Å². The standard InChI is InChI=1S/C13H18N8O2/c1-3-15-20-13-18-9-8(16-10(17-9)12(22)14-2)11(19-13)21-4-6-23-7-5-21/h3H,4-7H2,1-2H3,(H,14,22)(H2,16,17,18,19,20)/b15-3+.